The van der Waals surface area contributed by atoms with Crippen molar-refractivity contribution in [2.24, 2.45) is 0 Å². The molecule has 0 bridgehead atoms. The topological polar surface area (TPSA) is 73.5 Å². The lowest BCUT2D eigenvalue weighted by Gasteiger charge is -2.14. The Morgan fingerprint density at radius 3 is 2.58 bits per heavy atom. The van der Waals surface area contributed by atoms with Crippen molar-refractivity contribution < 1.29 is 9.59 Å². The highest BCUT2D eigenvalue weighted by atomic mass is 35.5. The Balaban J connectivity index is 0.00000196. The summed E-state index contributed by atoms with van der Waals surface area (Å²) in [6, 6.07) is 13.3. The maximum Gasteiger partial charge on any atom is 0.321 e. The van der Waals surface area contributed by atoms with Gasteiger partial charge in [0.05, 0.1) is 0 Å². The quantitative estimate of drug-likeness (QED) is 0.770. The molecule has 2 aromatic rings. The van der Waals surface area contributed by atoms with Gasteiger partial charge in [-0.15, -0.1) is 12.4 Å². The number of rotatable bonds is 4. The number of amides is 3. The first-order valence-corrected chi connectivity index (χ1v) is 8.46. The average molecular weight is 373 g/mol. The first-order valence-electron chi connectivity index (χ1n) is 8.46. The summed E-state index contributed by atoms with van der Waals surface area (Å²) in [4.78, 5) is 25.7. The van der Waals surface area contributed by atoms with E-state index < -0.39 is 0 Å². The van der Waals surface area contributed by atoms with Crippen molar-refractivity contribution in [3.8, 4) is 0 Å². The van der Waals surface area contributed by atoms with Gasteiger partial charge in [-0.2, -0.15) is 0 Å². The number of fused-ring (bicyclic) bond motifs is 1. The number of carbonyl (C=O) groups is 2. The minimum absolute atomic E-state index is 0. The monoisotopic (exact) mass is 372 g/mol. The van der Waals surface area contributed by atoms with Crippen LogP contribution in [0.4, 0.5) is 10.5 Å². The molecule has 0 atom stereocenters. The Bertz CT molecular complexity index is 823. The van der Waals surface area contributed by atoms with Crippen molar-refractivity contribution in [3.05, 3.63) is 64.7 Å². The molecule has 2 aliphatic heterocycles. The fourth-order valence-corrected chi connectivity index (χ4v) is 3.25. The number of nitrogens with zero attached hydrogens (tertiary/aromatic N) is 1. The van der Waals surface area contributed by atoms with Crippen LogP contribution < -0.4 is 20.9 Å². The molecule has 0 aromatic heterocycles. The fourth-order valence-electron chi connectivity index (χ4n) is 3.25. The lowest BCUT2D eigenvalue weighted by Crippen LogP contribution is -2.28. The van der Waals surface area contributed by atoms with Crippen LogP contribution in [0.5, 0.6) is 0 Å². The van der Waals surface area contributed by atoms with Gasteiger partial charge in [0.15, 0.2) is 0 Å². The minimum atomic E-state index is -0.115. The molecule has 2 heterocycles. The van der Waals surface area contributed by atoms with Gasteiger partial charge in [0.1, 0.15) is 0 Å². The van der Waals surface area contributed by atoms with Gasteiger partial charge in [0, 0.05) is 44.0 Å². The Hall–Kier alpha value is -2.57. The number of hydrogen-bond acceptors (Lipinski definition) is 3. The van der Waals surface area contributed by atoms with Crippen LogP contribution in [-0.2, 0) is 19.6 Å². The van der Waals surface area contributed by atoms with Crippen molar-refractivity contribution >= 4 is 30.0 Å². The molecule has 3 amide bonds. The Kier molecular flexibility index (Phi) is 5.44. The number of benzene rings is 2. The van der Waals surface area contributed by atoms with Crippen LogP contribution in [-0.4, -0.2) is 25.0 Å². The second kappa shape index (κ2) is 7.76. The molecule has 26 heavy (non-hydrogen) atoms. The van der Waals surface area contributed by atoms with E-state index in [2.05, 4.69) is 34.1 Å². The van der Waals surface area contributed by atoms with E-state index >= 15 is 0 Å². The second-order valence-electron chi connectivity index (χ2n) is 6.32. The summed E-state index contributed by atoms with van der Waals surface area (Å²) >= 11 is 0. The molecule has 3 N–H and O–H groups in total. The third-order valence-electron chi connectivity index (χ3n) is 4.65. The summed E-state index contributed by atoms with van der Waals surface area (Å²) in [7, 11) is 0. The second-order valence-corrected chi connectivity index (χ2v) is 6.32. The maximum absolute atomic E-state index is 12.3. The van der Waals surface area contributed by atoms with Crippen molar-refractivity contribution in [3.63, 3.8) is 0 Å². The summed E-state index contributed by atoms with van der Waals surface area (Å²) in [6.45, 7) is 3.61. The van der Waals surface area contributed by atoms with Crippen LogP contribution in [0.25, 0.3) is 0 Å². The third kappa shape index (κ3) is 3.66. The summed E-state index contributed by atoms with van der Waals surface area (Å²) in [5.74, 6) is -0.115. The molecule has 1 fully saturated rings. The number of carbonyl (C=O) groups excluding carboxylic acids is 2. The van der Waals surface area contributed by atoms with Crippen molar-refractivity contribution in [1.82, 2.24) is 16.0 Å². The first-order chi connectivity index (χ1) is 12.2. The molecule has 2 aliphatic rings. The van der Waals surface area contributed by atoms with E-state index in [9.17, 15) is 9.59 Å². The maximum atomic E-state index is 12.3. The molecule has 0 unspecified atom stereocenters. The summed E-state index contributed by atoms with van der Waals surface area (Å²) < 4.78 is 0. The molecule has 0 saturated carbocycles. The van der Waals surface area contributed by atoms with Crippen LogP contribution >= 0.6 is 12.4 Å². The fraction of sp³-hybridized carbons (Fsp3) is 0.263. The number of hydrogen-bond donors (Lipinski definition) is 3. The summed E-state index contributed by atoms with van der Waals surface area (Å²) in [6.07, 6.45) is 0. The molecule has 0 aliphatic carbocycles. The van der Waals surface area contributed by atoms with Gasteiger partial charge in [0.2, 0.25) is 0 Å². The van der Waals surface area contributed by atoms with Gasteiger partial charge in [-0.3, -0.25) is 9.69 Å². The van der Waals surface area contributed by atoms with Crippen LogP contribution in [0.3, 0.4) is 0 Å². The number of halogens is 1. The molecule has 2 aromatic carbocycles. The highest BCUT2D eigenvalue weighted by Gasteiger charge is 2.21. The molecular weight excluding hydrogens is 352 g/mol. The van der Waals surface area contributed by atoms with E-state index in [1.807, 2.05) is 0 Å². The summed E-state index contributed by atoms with van der Waals surface area (Å²) in [5, 5.41) is 9.03. The lowest BCUT2D eigenvalue weighted by molar-refractivity contribution is 0.0951. The van der Waals surface area contributed by atoms with Crippen molar-refractivity contribution in [1.29, 1.82) is 0 Å². The zero-order valence-electron chi connectivity index (χ0n) is 14.2. The molecule has 0 spiro atoms. The Morgan fingerprint density at radius 1 is 1.08 bits per heavy atom. The van der Waals surface area contributed by atoms with Gasteiger partial charge >= 0.3 is 6.03 Å². The van der Waals surface area contributed by atoms with Gasteiger partial charge in [-0.05, 0) is 41.0 Å². The predicted molar refractivity (Wildman–Crippen MR) is 103 cm³/mol. The van der Waals surface area contributed by atoms with Crippen LogP contribution in [0, 0.1) is 0 Å². The van der Waals surface area contributed by atoms with Crippen LogP contribution in [0.2, 0.25) is 0 Å². The number of nitrogens with one attached hydrogen (secondary N) is 3. The van der Waals surface area contributed by atoms with Crippen molar-refractivity contribution in [2.75, 3.05) is 18.0 Å². The standard InChI is InChI=1S/C19H20N4O2.ClH/c24-18(22-10-13-1-2-15-11-20-12-16(15)9-13)14-3-5-17(6-4-14)23-8-7-21-19(23)25;/h1-6,9,20H,7-8,10-12H2,(H,21,25)(H,22,24);1H. The van der Waals surface area contributed by atoms with Crippen LogP contribution in [0.1, 0.15) is 27.0 Å². The molecule has 4 rings (SSSR count). The molecule has 1 saturated heterocycles. The number of urea groups is 1. The first kappa shape index (κ1) is 18.2. The predicted octanol–water partition coefficient (Wildman–Crippen LogP) is 2.17. The average Bonchev–Trinajstić information content (AvgIpc) is 3.28. The largest absolute Gasteiger partial charge is 0.348 e. The van der Waals surface area contributed by atoms with Gasteiger partial charge in [-0.1, -0.05) is 18.2 Å². The van der Waals surface area contributed by atoms with E-state index in [1.54, 1.807) is 29.2 Å². The van der Waals surface area contributed by atoms with Gasteiger partial charge < -0.3 is 16.0 Å². The summed E-state index contributed by atoms with van der Waals surface area (Å²) in [5.41, 5.74) is 5.13. The van der Waals surface area contributed by atoms with Gasteiger partial charge in [-0.25, -0.2) is 4.79 Å². The SMILES string of the molecule is Cl.O=C(NCc1ccc2c(c1)CNC2)c1ccc(N2CCNC2=O)cc1. The third-order valence-corrected chi connectivity index (χ3v) is 4.65. The Morgan fingerprint density at radius 2 is 1.85 bits per heavy atom. The van der Waals surface area contributed by atoms with E-state index in [0.717, 1.165) is 24.3 Å². The lowest BCUT2D eigenvalue weighted by atomic mass is 10.1. The Labute approximate surface area is 158 Å². The highest BCUT2D eigenvalue weighted by molar-refractivity contribution is 5.97. The molecule has 0 radical (unpaired) electrons. The van der Waals surface area contributed by atoms with E-state index in [-0.39, 0.29) is 24.3 Å². The van der Waals surface area contributed by atoms with E-state index in [1.165, 1.54) is 11.1 Å². The normalized spacial score (nSPS) is 15.2. The minimum Gasteiger partial charge on any atom is -0.348 e. The zero-order valence-corrected chi connectivity index (χ0v) is 15.1. The van der Waals surface area contributed by atoms with Crippen LogP contribution in [0.15, 0.2) is 42.5 Å². The molecule has 7 heteroatoms. The van der Waals surface area contributed by atoms with Gasteiger partial charge in [0.25, 0.3) is 5.91 Å². The zero-order chi connectivity index (χ0) is 17.2. The molecule has 136 valence electrons. The smallest absolute Gasteiger partial charge is 0.321 e. The van der Waals surface area contributed by atoms with E-state index in [0.29, 0.717) is 25.2 Å². The van der Waals surface area contributed by atoms with Crippen molar-refractivity contribution in [2.45, 2.75) is 19.6 Å². The molecular formula is C19H21ClN4O2. The van der Waals surface area contributed by atoms with E-state index in [4.69, 9.17) is 0 Å². The number of anilines is 1. The highest BCUT2D eigenvalue weighted by Crippen LogP contribution is 2.18. The molecule has 6 nitrogen and oxygen atoms in total.